The van der Waals surface area contributed by atoms with Crippen LogP contribution in [0, 0.1) is 40.8 Å². The summed E-state index contributed by atoms with van der Waals surface area (Å²) in [5.74, 6) is -4.13. The molecule has 3 amide bonds. The van der Waals surface area contributed by atoms with Gasteiger partial charge in [0.05, 0.1) is 23.6 Å². The molecule has 1 aromatic heterocycles. The Kier molecular flexibility index (Phi) is 9.23. The van der Waals surface area contributed by atoms with E-state index in [1.54, 1.807) is 10.7 Å². The largest absolute Gasteiger partial charge is 0.408 e. The van der Waals surface area contributed by atoms with Crippen LogP contribution in [-0.4, -0.2) is 57.2 Å². The Morgan fingerprint density at radius 3 is 2.24 bits per heavy atom. The third-order valence-corrected chi connectivity index (χ3v) is 9.23. The van der Waals surface area contributed by atoms with Crippen LogP contribution in [-0.2, 0) is 9.59 Å². The van der Waals surface area contributed by atoms with Crippen molar-refractivity contribution in [3.05, 3.63) is 47.5 Å². The summed E-state index contributed by atoms with van der Waals surface area (Å²) in [6.07, 6.45) is 0.299. The first-order chi connectivity index (χ1) is 21.3. The number of benzene rings is 1. The SMILES string of the molecule is CC(C(=O)N1CC(C#N)CCC1C(F)(F)F)c1ccc(NC(=O)[C@@H](NC(=O)c2ccnn2C(C)C)C(C2CC2)C2CC2)c(F)c1. The van der Waals surface area contributed by atoms with E-state index in [1.807, 2.05) is 19.9 Å². The van der Waals surface area contributed by atoms with E-state index in [0.29, 0.717) is 10.6 Å². The van der Waals surface area contributed by atoms with Crippen LogP contribution in [0.1, 0.15) is 87.3 Å². The molecule has 1 saturated heterocycles. The van der Waals surface area contributed by atoms with Crippen LogP contribution in [0.4, 0.5) is 23.2 Å². The smallest absolute Gasteiger partial charge is 0.339 e. The van der Waals surface area contributed by atoms with E-state index in [9.17, 15) is 32.8 Å². The van der Waals surface area contributed by atoms with Crippen molar-refractivity contribution in [2.24, 2.45) is 23.7 Å². The standard InChI is InChI=1S/C32H38F4N6O3/c1-17(2)42-25(12-13-38-42)29(43)40-28(27(20-5-6-20)21-7-8-21)30(44)39-24-10-9-22(14-23(24)33)18(3)31(45)41-16-19(15-37)4-11-26(41)32(34,35)36/h9-10,12-14,17-21,26-28H,4-8,11,16H2,1-3H3,(H,39,44)(H,40,43)/t18?,19?,26?,28-/m0/s1. The first-order valence-corrected chi connectivity index (χ1v) is 15.5. The molecule has 2 aromatic rings. The molecule has 5 rings (SSSR count). The number of aromatic nitrogens is 2. The van der Waals surface area contributed by atoms with E-state index in [4.69, 9.17) is 0 Å². The van der Waals surface area contributed by atoms with Crippen LogP contribution in [0.25, 0.3) is 0 Å². The molecule has 13 heteroatoms. The second-order valence-electron chi connectivity index (χ2n) is 12.9. The zero-order chi connectivity index (χ0) is 32.6. The summed E-state index contributed by atoms with van der Waals surface area (Å²) in [5, 5.41) is 19.0. The van der Waals surface area contributed by atoms with E-state index in [-0.39, 0.29) is 54.4 Å². The van der Waals surface area contributed by atoms with Crippen molar-refractivity contribution in [1.82, 2.24) is 20.0 Å². The Bertz CT molecular complexity index is 1460. The van der Waals surface area contributed by atoms with Crippen LogP contribution in [0.15, 0.2) is 30.5 Å². The van der Waals surface area contributed by atoms with Gasteiger partial charge in [0.2, 0.25) is 11.8 Å². The van der Waals surface area contributed by atoms with Crippen molar-refractivity contribution < 1.29 is 31.9 Å². The van der Waals surface area contributed by atoms with E-state index < -0.39 is 53.6 Å². The lowest BCUT2D eigenvalue weighted by molar-refractivity contribution is -0.198. The summed E-state index contributed by atoms with van der Waals surface area (Å²) in [6.45, 7) is 4.81. The van der Waals surface area contributed by atoms with Gasteiger partial charge in [-0.3, -0.25) is 19.1 Å². The number of carbonyl (C=O) groups excluding carboxylic acids is 3. The van der Waals surface area contributed by atoms with Gasteiger partial charge in [0.1, 0.15) is 23.6 Å². The van der Waals surface area contributed by atoms with Gasteiger partial charge in [0.15, 0.2) is 0 Å². The summed E-state index contributed by atoms with van der Waals surface area (Å²) in [4.78, 5) is 41.0. The molecule has 3 fully saturated rings. The van der Waals surface area contributed by atoms with Gasteiger partial charge in [0, 0.05) is 18.8 Å². The molecule has 2 aliphatic carbocycles. The number of rotatable bonds is 10. The topological polar surface area (TPSA) is 120 Å². The van der Waals surface area contributed by atoms with Crippen molar-refractivity contribution in [3.8, 4) is 6.07 Å². The molecule has 2 saturated carbocycles. The maximum Gasteiger partial charge on any atom is 0.408 e. The van der Waals surface area contributed by atoms with Crippen molar-refractivity contribution in [1.29, 1.82) is 5.26 Å². The second-order valence-corrected chi connectivity index (χ2v) is 12.9. The van der Waals surface area contributed by atoms with Crippen LogP contribution in [0.3, 0.4) is 0 Å². The normalized spacial score (nSPS) is 21.7. The molecule has 1 aliphatic heterocycles. The molecular formula is C32H38F4N6O3. The number of likely N-dealkylation sites (tertiary alicyclic amines) is 1. The molecule has 0 bridgehead atoms. The average Bonchev–Trinajstić information content (AvgIpc) is 3.95. The lowest BCUT2D eigenvalue weighted by Gasteiger charge is -2.39. The lowest BCUT2D eigenvalue weighted by atomic mass is 9.88. The molecule has 0 spiro atoms. The maximum absolute atomic E-state index is 15.4. The van der Waals surface area contributed by atoms with E-state index in [1.165, 1.54) is 25.3 Å². The molecule has 1 aromatic carbocycles. The minimum Gasteiger partial charge on any atom is -0.339 e. The van der Waals surface area contributed by atoms with E-state index >= 15 is 4.39 Å². The van der Waals surface area contributed by atoms with Crippen LogP contribution in [0.2, 0.25) is 0 Å². The minimum atomic E-state index is -4.66. The highest BCUT2D eigenvalue weighted by molar-refractivity contribution is 6.01. The fourth-order valence-electron chi connectivity index (χ4n) is 6.51. The molecule has 9 nitrogen and oxygen atoms in total. The average molecular weight is 631 g/mol. The third-order valence-electron chi connectivity index (χ3n) is 9.23. The number of piperidine rings is 1. The van der Waals surface area contributed by atoms with Gasteiger partial charge in [-0.25, -0.2) is 4.39 Å². The number of nitrogens with zero attached hydrogens (tertiary/aromatic N) is 4. The molecule has 242 valence electrons. The van der Waals surface area contributed by atoms with Gasteiger partial charge in [-0.2, -0.15) is 23.5 Å². The van der Waals surface area contributed by atoms with Gasteiger partial charge >= 0.3 is 6.18 Å². The summed E-state index contributed by atoms with van der Waals surface area (Å²) < 4.78 is 58.2. The number of alkyl halides is 3. The Hall–Kier alpha value is -3.95. The van der Waals surface area contributed by atoms with Crippen molar-refractivity contribution >= 4 is 23.4 Å². The predicted molar refractivity (Wildman–Crippen MR) is 156 cm³/mol. The molecule has 3 unspecified atom stereocenters. The molecule has 4 atom stereocenters. The van der Waals surface area contributed by atoms with Gasteiger partial charge in [-0.05, 0) is 101 Å². The Morgan fingerprint density at radius 1 is 1.02 bits per heavy atom. The molecule has 2 N–H and O–H groups in total. The number of amides is 3. The summed E-state index contributed by atoms with van der Waals surface area (Å²) in [6, 6.07) is 4.21. The summed E-state index contributed by atoms with van der Waals surface area (Å²) in [7, 11) is 0. The minimum absolute atomic E-state index is 0.0347. The molecule has 0 radical (unpaired) electrons. The maximum atomic E-state index is 15.4. The zero-order valence-corrected chi connectivity index (χ0v) is 25.5. The number of hydrogen-bond donors (Lipinski definition) is 2. The number of anilines is 1. The van der Waals surface area contributed by atoms with Gasteiger partial charge in [-0.1, -0.05) is 6.07 Å². The number of carbonyl (C=O) groups is 3. The van der Waals surface area contributed by atoms with Crippen LogP contribution < -0.4 is 10.6 Å². The van der Waals surface area contributed by atoms with Crippen LogP contribution in [0.5, 0.6) is 0 Å². The predicted octanol–water partition coefficient (Wildman–Crippen LogP) is 5.57. The number of nitriles is 1. The first kappa shape index (κ1) is 32.4. The molecule has 3 aliphatic rings. The summed E-state index contributed by atoms with van der Waals surface area (Å²) >= 11 is 0. The van der Waals surface area contributed by atoms with Gasteiger partial charge < -0.3 is 15.5 Å². The van der Waals surface area contributed by atoms with Gasteiger partial charge in [-0.15, -0.1) is 0 Å². The van der Waals surface area contributed by atoms with Gasteiger partial charge in [0.25, 0.3) is 5.91 Å². The molecule has 45 heavy (non-hydrogen) atoms. The zero-order valence-electron chi connectivity index (χ0n) is 25.5. The van der Waals surface area contributed by atoms with Crippen molar-refractivity contribution in [3.63, 3.8) is 0 Å². The highest BCUT2D eigenvalue weighted by Crippen LogP contribution is 2.51. The summed E-state index contributed by atoms with van der Waals surface area (Å²) in [5.41, 5.74) is 0.275. The highest BCUT2D eigenvalue weighted by Gasteiger charge is 2.50. The fraction of sp³-hybridized carbons (Fsp3) is 0.594. The highest BCUT2D eigenvalue weighted by atomic mass is 19.4. The lowest BCUT2D eigenvalue weighted by Crippen LogP contribution is -2.54. The monoisotopic (exact) mass is 630 g/mol. The molecule has 2 heterocycles. The third kappa shape index (κ3) is 7.15. The van der Waals surface area contributed by atoms with E-state index in [0.717, 1.165) is 31.7 Å². The van der Waals surface area contributed by atoms with Crippen LogP contribution >= 0.6 is 0 Å². The fourth-order valence-corrected chi connectivity index (χ4v) is 6.51. The second kappa shape index (κ2) is 12.8. The van der Waals surface area contributed by atoms with E-state index in [2.05, 4.69) is 15.7 Å². The number of hydrogen-bond acceptors (Lipinski definition) is 5. The number of nitrogens with one attached hydrogen (secondary N) is 2. The Balaban J connectivity index is 1.33. The molecular weight excluding hydrogens is 592 g/mol. The quantitative estimate of drug-likeness (QED) is 0.333. The first-order valence-electron chi connectivity index (χ1n) is 15.5. The Labute approximate surface area is 259 Å². The Morgan fingerprint density at radius 2 is 1.69 bits per heavy atom. The van der Waals surface area contributed by atoms with Crippen molar-refractivity contribution in [2.75, 3.05) is 11.9 Å². The van der Waals surface area contributed by atoms with Crippen molar-refractivity contribution in [2.45, 2.75) is 89.5 Å². The number of halogens is 4.